The van der Waals surface area contributed by atoms with E-state index in [1.165, 1.54) is 15.6 Å². The van der Waals surface area contributed by atoms with E-state index in [4.69, 9.17) is 0 Å². The van der Waals surface area contributed by atoms with E-state index in [1.54, 1.807) is 0 Å². The Hall–Kier alpha value is -3.34. The predicted octanol–water partition coefficient (Wildman–Crippen LogP) is 3.60. The minimum atomic E-state index is -1.11. The van der Waals surface area contributed by atoms with Gasteiger partial charge in [-0.15, -0.1) is 0 Å². The summed E-state index contributed by atoms with van der Waals surface area (Å²) in [5, 5.41) is 4.09. The number of hydrogen-bond acceptors (Lipinski definition) is 0. The molecular formula is C26H19Si. The van der Waals surface area contributed by atoms with Crippen LogP contribution in [0.5, 0.6) is 0 Å². The van der Waals surface area contributed by atoms with Crippen molar-refractivity contribution >= 4 is 24.4 Å². The second-order valence-electron chi connectivity index (χ2n) is 6.27. The van der Waals surface area contributed by atoms with Crippen LogP contribution in [0.1, 0.15) is 11.1 Å². The molecule has 0 atom stereocenters. The summed E-state index contributed by atoms with van der Waals surface area (Å²) in [6.07, 6.45) is 0. The third-order valence-corrected chi connectivity index (χ3v) is 7.23. The topological polar surface area (TPSA) is 0 Å². The van der Waals surface area contributed by atoms with Crippen LogP contribution in [0.25, 0.3) is 0 Å². The Bertz CT molecular complexity index is 1020. The van der Waals surface area contributed by atoms with E-state index in [-0.39, 0.29) is 0 Å². The monoisotopic (exact) mass is 359 g/mol. The predicted molar refractivity (Wildman–Crippen MR) is 116 cm³/mol. The van der Waals surface area contributed by atoms with Gasteiger partial charge in [0.05, 0.1) is 0 Å². The average Bonchev–Trinajstić information content (AvgIpc) is 2.76. The first-order valence-electron chi connectivity index (χ1n) is 9.06. The molecule has 0 aliphatic carbocycles. The van der Waals surface area contributed by atoms with Crippen molar-refractivity contribution in [1.82, 2.24) is 0 Å². The van der Waals surface area contributed by atoms with Gasteiger partial charge in [-0.25, -0.2) is 0 Å². The highest BCUT2D eigenvalue weighted by Crippen LogP contribution is 2.02. The highest BCUT2D eigenvalue weighted by Gasteiger charge is 2.21. The molecule has 0 bridgehead atoms. The molecule has 4 aromatic carbocycles. The molecule has 0 aliphatic heterocycles. The molecule has 27 heavy (non-hydrogen) atoms. The third kappa shape index (κ3) is 4.08. The Morgan fingerprint density at radius 2 is 0.926 bits per heavy atom. The maximum Gasteiger partial charge on any atom is 0.156 e. The summed E-state index contributed by atoms with van der Waals surface area (Å²) in [5.41, 5.74) is 2.16. The van der Waals surface area contributed by atoms with Crippen molar-refractivity contribution in [3.05, 3.63) is 126 Å². The lowest BCUT2D eigenvalue weighted by molar-refractivity contribution is 1.64. The maximum atomic E-state index is 3.43. The van der Waals surface area contributed by atoms with Gasteiger partial charge in [0, 0.05) is 11.1 Å². The molecule has 127 valence electrons. The molecule has 0 spiro atoms. The summed E-state index contributed by atoms with van der Waals surface area (Å²) in [4.78, 5) is 0. The van der Waals surface area contributed by atoms with Crippen molar-refractivity contribution in [2.75, 3.05) is 0 Å². The summed E-state index contributed by atoms with van der Waals surface area (Å²) in [6, 6.07) is 40.4. The molecule has 0 fully saturated rings. The van der Waals surface area contributed by atoms with Crippen LogP contribution in [0.3, 0.4) is 0 Å². The zero-order valence-corrected chi connectivity index (χ0v) is 16.0. The molecule has 0 amide bonds. The van der Waals surface area contributed by atoms with Crippen LogP contribution in [0.15, 0.2) is 115 Å². The second kappa shape index (κ2) is 8.36. The fourth-order valence-electron chi connectivity index (χ4n) is 3.16. The molecule has 4 rings (SSSR count). The van der Waals surface area contributed by atoms with E-state index < -0.39 is 8.80 Å². The van der Waals surface area contributed by atoms with Crippen LogP contribution in [0, 0.1) is 11.8 Å². The molecule has 0 heterocycles. The van der Waals surface area contributed by atoms with Crippen LogP contribution in [-0.4, -0.2) is 8.80 Å². The van der Waals surface area contributed by atoms with Crippen LogP contribution >= 0.6 is 0 Å². The minimum Gasteiger partial charge on any atom is -0.0624 e. The maximum absolute atomic E-state index is 3.43. The number of benzene rings is 4. The molecule has 1 heteroatoms. The van der Waals surface area contributed by atoms with E-state index in [1.807, 2.05) is 18.2 Å². The van der Waals surface area contributed by atoms with Gasteiger partial charge in [-0.1, -0.05) is 119 Å². The van der Waals surface area contributed by atoms with Gasteiger partial charge in [0.15, 0.2) is 8.80 Å². The SMILES string of the molecule is C(#Cc1ccccc1[Si](c1ccccc1)c1ccccc1)c1ccccc1. The number of rotatable bonds is 3. The van der Waals surface area contributed by atoms with Crippen molar-refractivity contribution in [2.45, 2.75) is 0 Å². The molecule has 0 N–H and O–H groups in total. The highest BCUT2D eigenvalue weighted by atomic mass is 28.3. The van der Waals surface area contributed by atoms with E-state index in [0.29, 0.717) is 0 Å². The van der Waals surface area contributed by atoms with Gasteiger partial charge in [-0.05, 0) is 23.4 Å². The molecule has 0 unspecified atom stereocenters. The third-order valence-electron chi connectivity index (χ3n) is 4.44. The zero-order valence-electron chi connectivity index (χ0n) is 15.0. The first-order chi connectivity index (χ1) is 13.4. The van der Waals surface area contributed by atoms with Crippen LogP contribution in [0.4, 0.5) is 0 Å². The lowest BCUT2D eigenvalue weighted by Gasteiger charge is -2.18. The van der Waals surface area contributed by atoms with Crippen LogP contribution < -0.4 is 15.6 Å². The fourth-order valence-corrected chi connectivity index (χ4v) is 5.84. The van der Waals surface area contributed by atoms with Gasteiger partial charge >= 0.3 is 0 Å². The lowest BCUT2D eigenvalue weighted by Crippen LogP contribution is -2.52. The zero-order chi connectivity index (χ0) is 18.3. The van der Waals surface area contributed by atoms with Crippen LogP contribution in [-0.2, 0) is 0 Å². The average molecular weight is 360 g/mol. The molecule has 0 aromatic heterocycles. The Morgan fingerprint density at radius 3 is 1.52 bits per heavy atom. The van der Waals surface area contributed by atoms with Gasteiger partial charge in [0.1, 0.15) is 0 Å². The second-order valence-corrected chi connectivity index (χ2v) is 8.71. The molecule has 1 radical (unpaired) electrons. The van der Waals surface area contributed by atoms with Crippen molar-refractivity contribution in [3.8, 4) is 11.8 Å². The summed E-state index contributed by atoms with van der Waals surface area (Å²) >= 11 is 0. The standard InChI is InChI=1S/C26H19Si/c1-4-12-22(13-5-1)20-21-23-14-10-11-19-26(23)27(24-15-6-2-7-16-24)25-17-8-3-9-18-25/h1-19H. The molecule has 0 nitrogen and oxygen atoms in total. The van der Waals surface area contributed by atoms with E-state index in [0.717, 1.165) is 11.1 Å². The summed E-state index contributed by atoms with van der Waals surface area (Å²) in [6.45, 7) is 0. The lowest BCUT2D eigenvalue weighted by atomic mass is 10.2. The van der Waals surface area contributed by atoms with Gasteiger partial charge < -0.3 is 0 Å². The first-order valence-corrected chi connectivity index (χ1v) is 10.6. The van der Waals surface area contributed by atoms with Gasteiger partial charge in [0.2, 0.25) is 0 Å². The van der Waals surface area contributed by atoms with Crippen molar-refractivity contribution in [2.24, 2.45) is 0 Å². The van der Waals surface area contributed by atoms with Crippen molar-refractivity contribution < 1.29 is 0 Å². The first kappa shape index (κ1) is 17.1. The Morgan fingerprint density at radius 1 is 0.444 bits per heavy atom. The quantitative estimate of drug-likeness (QED) is 0.298. The molecule has 0 saturated carbocycles. The fraction of sp³-hybridized carbons (Fsp3) is 0. The summed E-state index contributed by atoms with van der Waals surface area (Å²) in [7, 11) is -1.11. The molecule has 0 aliphatic rings. The normalized spacial score (nSPS) is 10.3. The Balaban J connectivity index is 1.83. The highest BCUT2D eigenvalue weighted by molar-refractivity contribution is 6.95. The molecule has 0 saturated heterocycles. The molecule has 4 aromatic rings. The minimum absolute atomic E-state index is 1.04. The van der Waals surface area contributed by atoms with Crippen molar-refractivity contribution in [3.63, 3.8) is 0 Å². The van der Waals surface area contributed by atoms with Crippen molar-refractivity contribution in [1.29, 1.82) is 0 Å². The largest absolute Gasteiger partial charge is 0.156 e. The van der Waals surface area contributed by atoms with Gasteiger partial charge in [0.25, 0.3) is 0 Å². The summed E-state index contributed by atoms with van der Waals surface area (Å²) in [5.74, 6) is 6.75. The Kier molecular flexibility index (Phi) is 5.29. The van der Waals surface area contributed by atoms with Gasteiger partial charge in [-0.2, -0.15) is 0 Å². The summed E-state index contributed by atoms with van der Waals surface area (Å²) < 4.78 is 0. The number of hydrogen-bond donors (Lipinski definition) is 0. The van der Waals surface area contributed by atoms with Gasteiger partial charge in [-0.3, -0.25) is 0 Å². The Labute approximate surface area is 162 Å². The van der Waals surface area contributed by atoms with E-state index >= 15 is 0 Å². The molecular weight excluding hydrogens is 340 g/mol. The van der Waals surface area contributed by atoms with E-state index in [2.05, 4.69) is 109 Å². The van der Waals surface area contributed by atoms with Crippen LogP contribution in [0.2, 0.25) is 0 Å². The smallest absolute Gasteiger partial charge is 0.0624 e. The van der Waals surface area contributed by atoms with E-state index in [9.17, 15) is 0 Å².